The quantitative estimate of drug-likeness (QED) is 0.568. The largest absolute Gasteiger partial charge is 0.324 e. The second-order valence-corrected chi connectivity index (χ2v) is 9.23. The van der Waals surface area contributed by atoms with E-state index in [1.54, 1.807) is 19.1 Å². The average molecular weight is 450 g/mol. The molecular formula is C20H18BrClN2O3. The number of carbonyl (C=O) groups excluding carboxylic acids is 3. The first-order valence-electron chi connectivity index (χ1n) is 9.16. The number of nitrogens with one attached hydrogen (secondary N) is 1. The van der Waals surface area contributed by atoms with Crippen molar-refractivity contribution in [3.8, 4) is 0 Å². The van der Waals surface area contributed by atoms with E-state index in [-0.39, 0.29) is 47.9 Å². The molecule has 3 fully saturated rings. The van der Waals surface area contributed by atoms with Crippen molar-refractivity contribution in [2.24, 2.45) is 35.5 Å². The van der Waals surface area contributed by atoms with Crippen molar-refractivity contribution in [3.63, 3.8) is 0 Å². The summed E-state index contributed by atoms with van der Waals surface area (Å²) in [5.74, 6) is 0.150. The first-order chi connectivity index (χ1) is 12.9. The third-order valence-corrected chi connectivity index (χ3v) is 8.05. The summed E-state index contributed by atoms with van der Waals surface area (Å²) in [4.78, 5) is 39.5. The molecule has 0 spiro atoms. The van der Waals surface area contributed by atoms with Gasteiger partial charge in [-0.1, -0.05) is 23.8 Å². The maximum Gasteiger partial charge on any atom is 0.244 e. The van der Waals surface area contributed by atoms with Gasteiger partial charge in [-0.05, 0) is 70.6 Å². The van der Waals surface area contributed by atoms with Crippen molar-refractivity contribution in [1.29, 1.82) is 0 Å². The highest BCUT2D eigenvalue weighted by atomic mass is 79.9. The van der Waals surface area contributed by atoms with Crippen LogP contribution >= 0.6 is 27.5 Å². The molecule has 1 N–H and O–H groups in total. The smallest absolute Gasteiger partial charge is 0.244 e. The Hall–Kier alpha value is -1.66. The van der Waals surface area contributed by atoms with Crippen LogP contribution in [0.25, 0.3) is 0 Å². The maximum absolute atomic E-state index is 12.9. The van der Waals surface area contributed by atoms with Crippen molar-refractivity contribution >= 4 is 50.9 Å². The number of hydrogen-bond acceptors (Lipinski definition) is 3. The predicted octanol–water partition coefficient (Wildman–Crippen LogP) is 3.40. The molecule has 140 valence electrons. The lowest BCUT2D eigenvalue weighted by Crippen LogP contribution is -2.40. The lowest BCUT2D eigenvalue weighted by molar-refractivity contribution is -0.142. The fourth-order valence-electron chi connectivity index (χ4n) is 5.30. The van der Waals surface area contributed by atoms with E-state index >= 15 is 0 Å². The van der Waals surface area contributed by atoms with Crippen molar-refractivity contribution in [1.82, 2.24) is 4.90 Å². The number of hydrogen-bond donors (Lipinski definition) is 1. The van der Waals surface area contributed by atoms with Crippen molar-refractivity contribution in [2.75, 3.05) is 11.9 Å². The Bertz CT molecular complexity index is 894. The Balaban J connectivity index is 1.33. The summed E-state index contributed by atoms with van der Waals surface area (Å²) in [6, 6.07) is 3.50. The normalized spacial score (nSPS) is 35.3. The molecule has 1 heterocycles. The molecule has 0 aromatic heterocycles. The number of halogens is 2. The van der Waals surface area contributed by atoms with Crippen LogP contribution in [-0.2, 0) is 14.4 Å². The molecule has 3 amide bonds. The van der Waals surface area contributed by atoms with Gasteiger partial charge < -0.3 is 5.32 Å². The van der Waals surface area contributed by atoms with E-state index in [4.69, 9.17) is 11.6 Å². The van der Waals surface area contributed by atoms with Crippen molar-refractivity contribution < 1.29 is 14.4 Å². The summed E-state index contributed by atoms with van der Waals surface area (Å²) >= 11 is 9.54. The van der Waals surface area contributed by atoms with Crippen LogP contribution in [0.2, 0.25) is 5.02 Å². The SMILES string of the molecule is Cc1c(NC(=O)CN2C(=O)[C@@H]3[C@H]4C=C[C@@H]([C@@H]5C[C@H]45)[C@@H]3C2=O)ccc(Br)c1Cl. The number of anilines is 1. The Morgan fingerprint density at radius 2 is 1.78 bits per heavy atom. The molecule has 1 saturated heterocycles. The monoisotopic (exact) mass is 448 g/mol. The number of amides is 3. The minimum atomic E-state index is -0.387. The van der Waals surface area contributed by atoms with Gasteiger partial charge in [0.25, 0.3) is 0 Å². The summed E-state index contributed by atoms with van der Waals surface area (Å²) in [6.07, 6.45) is 5.38. The van der Waals surface area contributed by atoms with E-state index in [2.05, 4.69) is 33.4 Å². The summed E-state index contributed by atoms with van der Waals surface area (Å²) in [7, 11) is 0. The van der Waals surface area contributed by atoms with Crippen LogP contribution in [0.15, 0.2) is 28.8 Å². The van der Waals surface area contributed by atoms with Crippen LogP contribution in [0.1, 0.15) is 12.0 Å². The molecule has 1 aromatic carbocycles. The summed E-state index contributed by atoms with van der Waals surface area (Å²) in [6.45, 7) is 1.56. The lowest BCUT2D eigenvalue weighted by atomic mass is 9.63. The standard InChI is InChI=1S/C20H18BrClN2O3/c1-8-14(5-4-13(21)18(8)22)23-15(25)7-24-19(26)16-9-2-3-10(12-6-11(9)12)17(16)20(24)27/h2-5,9-12,16-17H,6-7H2,1H3,(H,23,25)/t9-,10-,11-,12+,16-,17+/m0/s1. The van der Waals surface area contributed by atoms with Gasteiger partial charge >= 0.3 is 0 Å². The van der Waals surface area contributed by atoms with Crippen LogP contribution in [0, 0.1) is 42.4 Å². The van der Waals surface area contributed by atoms with Gasteiger partial charge in [-0.3, -0.25) is 19.3 Å². The van der Waals surface area contributed by atoms with E-state index in [0.29, 0.717) is 22.5 Å². The van der Waals surface area contributed by atoms with Crippen LogP contribution in [0.4, 0.5) is 5.69 Å². The number of nitrogens with zero attached hydrogens (tertiary/aromatic N) is 1. The summed E-state index contributed by atoms with van der Waals surface area (Å²) in [5, 5.41) is 3.30. The zero-order valence-corrected chi connectivity index (χ0v) is 17.0. The maximum atomic E-state index is 12.9. The van der Waals surface area contributed by atoms with Crippen molar-refractivity contribution in [2.45, 2.75) is 13.3 Å². The van der Waals surface area contributed by atoms with Gasteiger partial charge in [0.2, 0.25) is 17.7 Å². The zero-order valence-electron chi connectivity index (χ0n) is 14.6. The van der Waals surface area contributed by atoms with Crippen LogP contribution < -0.4 is 5.32 Å². The lowest BCUT2D eigenvalue weighted by Gasteiger charge is -2.37. The van der Waals surface area contributed by atoms with E-state index < -0.39 is 0 Å². The van der Waals surface area contributed by atoms with Gasteiger partial charge in [0, 0.05) is 10.2 Å². The summed E-state index contributed by atoms with van der Waals surface area (Å²) < 4.78 is 0.746. The van der Waals surface area contributed by atoms with E-state index in [9.17, 15) is 14.4 Å². The first kappa shape index (κ1) is 17.4. The molecule has 7 heteroatoms. The number of allylic oxidation sites excluding steroid dienone is 2. The molecule has 5 aliphatic rings. The fraction of sp³-hybridized carbons (Fsp3) is 0.450. The van der Waals surface area contributed by atoms with Gasteiger partial charge in [-0.2, -0.15) is 0 Å². The molecule has 4 aliphatic carbocycles. The van der Waals surface area contributed by atoms with Gasteiger partial charge in [-0.25, -0.2) is 0 Å². The highest BCUT2D eigenvalue weighted by Crippen LogP contribution is 2.65. The Kier molecular flexibility index (Phi) is 3.82. The van der Waals surface area contributed by atoms with Crippen LogP contribution in [0.3, 0.4) is 0 Å². The third-order valence-electron chi connectivity index (χ3n) is 6.67. The second-order valence-electron chi connectivity index (χ2n) is 8.00. The van der Waals surface area contributed by atoms with Crippen LogP contribution in [0.5, 0.6) is 0 Å². The van der Waals surface area contributed by atoms with Crippen LogP contribution in [-0.4, -0.2) is 29.2 Å². The molecule has 2 saturated carbocycles. The number of rotatable bonds is 3. The minimum Gasteiger partial charge on any atom is -0.324 e. The van der Waals surface area contributed by atoms with Crippen molar-refractivity contribution in [3.05, 3.63) is 39.3 Å². The molecule has 27 heavy (non-hydrogen) atoms. The van der Waals surface area contributed by atoms with E-state index in [1.165, 1.54) is 0 Å². The molecule has 0 radical (unpaired) electrons. The zero-order chi connectivity index (χ0) is 19.0. The van der Waals surface area contributed by atoms with E-state index in [1.807, 2.05) is 0 Å². The molecular weight excluding hydrogens is 432 g/mol. The predicted molar refractivity (Wildman–Crippen MR) is 104 cm³/mol. The Morgan fingerprint density at radius 1 is 1.19 bits per heavy atom. The number of benzene rings is 1. The molecule has 5 nitrogen and oxygen atoms in total. The molecule has 1 aliphatic heterocycles. The minimum absolute atomic E-state index is 0.169. The molecule has 2 bridgehead atoms. The average Bonchev–Trinajstić information content (AvgIpc) is 3.43. The van der Waals surface area contributed by atoms with Gasteiger partial charge in [0.05, 0.1) is 16.9 Å². The fourth-order valence-corrected chi connectivity index (χ4v) is 5.89. The van der Waals surface area contributed by atoms with E-state index in [0.717, 1.165) is 21.4 Å². The molecule has 6 rings (SSSR count). The topological polar surface area (TPSA) is 66.5 Å². The molecule has 1 aromatic rings. The van der Waals surface area contributed by atoms with Gasteiger partial charge in [0.15, 0.2) is 0 Å². The first-order valence-corrected chi connectivity index (χ1v) is 10.3. The molecule has 6 atom stereocenters. The highest BCUT2D eigenvalue weighted by Gasteiger charge is 2.67. The van der Waals surface area contributed by atoms with Gasteiger partial charge in [0.1, 0.15) is 6.54 Å². The third kappa shape index (κ3) is 2.46. The molecule has 0 unspecified atom stereocenters. The Morgan fingerprint density at radius 3 is 2.37 bits per heavy atom. The summed E-state index contributed by atoms with van der Waals surface area (Å²) in [5.41, 5.74) is 1.31. The number of likely N-dealkylation sites (tertiary alicyclic amines) is 1. The number of imide groups is 1. The second kappa shape index (κ2) is 5.92. The highest BCUT2D eigenvalue weighted by molar-refractivity contribution is 9.10. The number of carbonyl (C=O) groups is 3. The Labute approximate surface area is 170 Å². The van der Waals surface area contributed by atoms with Gasteiger partial charge in [-0.15, -0.1) is 0 Å².